The molecule has 1 unspecified atom stereocenters. The molecule has 0 bridgehead atoms. The third-order valence-corrected chi connectivity index (χ3v) is 5.26. The number of imidazole rings is 1. The third-order valence-electron chi connectivity index (χ3n) is 5.26. The smallest absolute Gasteiger partial charge is 0.223 e. The van der Waals surface area contributed by atoms with Gasteiger partial charge < -0.3 is 9.47 Å². The molecule has 1 fully saturated rings. The number of carbonyl (C=O) groups excluding carboxylic acids is 1. The molecule has 2 heterocycles. The predicted molar refractivity (Wildman–Crippen MR) is 97.9 cm³/mol. The Bertz CT molecular complexity index is 676. The lowest BCUT2D eigenvalue weighted by Gasteiger charge is -2.32. The molecule has 0 aromatic carbocycles. The van der Waals surface area contributed by atoms with E-state index in [1.54, 1.807) is 12.4 Å². The third kappa shape index (κ3) is 4.09. The average Bonchev–Trinajstić information content (AvgIpc) is 3.06. The quantitative estimate of drug-likeness (QED) is 0.805. The summed E-state index contributed by atoms with van der Waals surface area (Å²) >= 11 is 0. The van der Waals surface area contributed by atoms with Crippen LogP contribution < -0.4 is 0 Å². The largest absolute Gasteiger partial charge is 0.336 e. The van der Waals surface area contributed by atoms with E-state index >= 15 is 0 Å². The highest BCUT2D eigenvalue weighted by Gasteiger charge is 2.30. The maximum absolute atomic E-state index is 13.1. The summed E-state index contributed by atoms with van der Waals surface area (Å²) in [5.41, 5.74) is 1.01. The number of hydrogen-bond donors (Lipinski definition) is 0. The Morgan fingerprint density at radius 2 is 2.12 bits per heavy atom. The summed E-state index contributed by atoms with van der Waals surface area (Å²) in [5, 5.41) is 0. The van der Waals surface area contributed by atoms with Gasteiger partial charge in [-0.15, -0.1) is 0 Å². The van der Waals surface area contributed by atoms with Crippen LogP contribution in [0, 0.1) is 5.92 Å². The van der Waals surface area contributed by atoms with Crippen LogP contribution in [0.1, 0.15) is 62.9 Å². The highest BCUT2D eigenvalue weighted by Crippen LogP contribution is 2.31. The summed E-state index contributed by atoms with van der Waals surface area (Å²) in [7, 11) is 1.98. The first kappa shape index (κ1) is 17.6. The lowest BCUT2D eigenvalue weighted by Crippen LogP contribution is -2.37. The van der Waals surface area contributed by atoms with Crippen molar-refractivity contribution in [3.63, 3.8) is 0 Å². The summed E-state index contributed by atoms with van der Waals surface area (Å²) in [6.45, 7) is 2.71. The molecule has 0 aliphatic heterocycles. The normalized spacial score (nSPS) is 16.6. The van der Waals surface area contributed by atoms with Gasteiger partial charge in [0.1, 0.15) is 11.9 Å². The van der Waals surface area contributed by atoms with Crippen molar-refractivity contribution in [3.8, 4) is 0 Å². The fraction of sp³-hybridized carbons (Fsp3) is 0.550. The van der Waals surface area contributed by atoms with E-state index in [1.807, 2.05) is 48.0 Å². The predicted octanol–water partition coefficient (Wildman–Crippen LogP) is 3.72. The first-order chi connectivity index (χ1) is 12.2. The van der Waals surface area contributed by atoms with E-state index in [2.05, 4.69) is 9.97 Å². The number of hydrogen-bond acceptors (Lipinski definition) is 3. The minimum Gasteiger partial charge on any atom is -0.336 e. The second kappa shape index (κ2) is 8.28. The molecule has 1 aliphatic rings. The van der Waals surface area contributed by atoms with Crippen LogP contribution >= 0.6 is 0 Å². The molecule has 2 aromatic rings. The number of rotatable bonds is 6. The van der Waals surface area contributed by atoms with Crippen LogP contribution in [0.5, 0.6) is 0 Å². The Morgan fingerprint density at radius 1 is 1.32 bits per heavy atom. The maximum Gasteiger partial charge on any atom is 0.223 e. The molecule has 1 aliphatic carbocycles. The van der Waals surface area contributed by atoms with Gasteiger partial charge in [0, 0.05) is 50.4 Å². The van der Waals surface area contributed by atoms with E-state index in [0.29, 0.717) is 18.9 Å². The van der Waals surface area contributed by atoms with Crippen molar-refractivity contribution >= 4 is 5.91 Å². The molecule has 5 nitrogen and oxygen atoms in total. The molecule has 2 aromatic heterocycles. The molecule has 0 saturated heterocycles. The lowest BCUT2D eigenvalue weighted by molar-refractivity contribution is -0.134. The van der Waals surface area contributed by atoms with Crippen molar-refractivity contribution in [3.05, 3.63) is 48.3 Å². The zero-order valence-corrected chi connectivity index (χ0v) is 15.3. The number of nitrogens with zero attached hydrogens (tertiary/aromatic N) is 4. The molecule has 3 rings (SSSR count). The molecular formula is C20H28N4O. The monoisotopic (exact) mass is 340 g/mol. The van der Waals surface area contributed by atoms with Gasteiger partial charge in [0.15, 0.2) is 0 Å². The molecule has 5 heteroatoms. The molecule has 25 heavy (non-hydrogen) atoms. The molecule has 134 valence electrons. The van der Waals surface area contributed by atoms with Crippen molar-refractivity contribution in [1.29, 1.82) is 0 Å². The van der Waals surface area contributed by atoms with Gasteiger partial charge in [-0.3, -0.25) is 9.78 Å². The van der Waals surface area contributed by atoms with Gasteiger partial charge in [0.25, 0.3) is 0 Å². The minimum absolute atomic E-state index is 0.185. The fourth-order valence-corrected chi connectivity index (χ4v) is 3.91. The van der Waals surface area contributed by atoms with Gasteiger partial charge in [0.2, 0.25) is 5.91 Å². The van der Waals surface area contributed by atoms with Crippen LogP contribution in [0.25, 0.3) is 0 Å². The second-order valence-electron chi connectivity index (χ2n) is 6.97. The SMILES string of the molecule is CCN(C(=O)CC1CCCCC1)C(c1cccnc1)c1nccn1C. The summed E-state index contributed by atoms with van der Waals surface area (Å²) in [4.78, 5) is 23.9. The highest BCUT2D eigenvalue weighted by atomic mass is 16.2. The highest BCUT2D eigenvalue weighted by molar-refractivity contribution is 5.77. The van der Waals surface area contributed by atoms with E-state index in [0.717, 1.165) is 11.4 Å². The first-order valence-corrected chi connectivity index (χ1v) is 9.37. The number of amides is 1. The average molecular weight is 340 g/mol. The van der Waals surface area contributed by atoms with Crippen LogP contribution in [0.2, 0.25) is 0 Å². The standard InChI is InChI=1S/C20H28N4O/c1-3-24(18(25)14-16-8-5-4-6-9-16)19(17-10-7-11-21-15-17)20-22-12-13-23(20)2/h7,10-13,15-16,19H,3-6,8-9,14H2,1-2H3. The van der Waals surface area contributed by atoms with Gasteiger partial charge >= 0.3 is 0 Å². The summed E-state index contributed by atoms with van der Waals surface area (Å²) in [5.74, 6) is 1.64. The van der Waals surface area contributed by atoms with E-state index in [4.69, 9.17) is 0 Å². The van der Waals surface area contributed by atoms with Gasteiger partial charge in [-0.2, -0.15) is 0 Å². The first-order valence-electron chi connectivity index (χ1n) is 9.37. The Hall–Kier alpha value is -2.17. The van der Waals surface area contributed by atoms with Gasteiger partial charge in [-0.1, -0.05) is 25.3 Å². The molecular weight excluding hydrogens is 312 g/mol. The fourth-order valence-electron chi connectivity index (χ4n) is 3.91. The second-order valence-corrected chi connectivity index (χ2v) is 6.97. The Labute approximate surface area is 150 Å². The van der Waals surface area contributed by atoms with Crippen molar-refractivity contribution in [2.24, 2.45) is 13.0 Å². The minimum atomic E-state index is -0.185. The summed E-state index contributed by atoms with van der Waals surface area (Å²) in [6, 6.07) is 3.77. The molecule has 1 saturated carbocycles. The van der Waals surface area contributed by atoms with Crippen LogP contribution in [0.4, 0.5) is 0 Å². The van der Waals surface area contributed by atoms with Crippen molar-refractivity contribution in [2.75, 3.05) is 6.54 Å². The van der Waals surface area contributed by atoms with E-state index in [1.165, 1.54) is 32.1 Å². The van der Waals surface area contributed by atoms with Crippen LogP contribution in [0.3, 0.4) is 0 Å². The molecule has 0 N–H and O–H groups in total. The van der Waals surface area contributed by atoms with Crippen molar-refractivity contribution in [2.45, 2.75) is 51.5 Å². The molecule has 0 radical (unpaired) electrons. The molecule has 1 atom stereocenters. The zero-order chi connectivity index (χ0) is 17.6. The van der Waals surface area contributed by atoms with E-state index in [9.17, 15) is 4.79 Å². The van der Waals surface area contributed by atoms with Crippen LogP contribution in [-0.2, 0) is 11.8 Å². The molecule has 0 spiro atoms. The van der Waals surface area contributed by atoms with Crippen LogP contribution in [-0.4, -0.2) is 31.9 Å². The molecule has 1 amide bonds. The number of aromatic nitrogens is 3. The van der Waals surface area contributed by atoms with E-state index < -0.39 is 0 Å². The number of carbonyl (C=O) groups is 1. The van der Waals surface area contributed by atoms with Gasteiger partial charge in [0.05, 0.1) is 0 Å². The number of aryl methyl sites for hydroxylation is 1. The maximum atomic E-state index is 13.1. The van der Waals surface area contributed by atoms with Gasteiger partial charge in [-0.25, -0.2) is 4.98 Å². The van der Waals surface area contributed by atoms with Gasteiger partial charge in [-0.05, 0) is 31.7 Å². The summed E-state index contributed by atoms with van der Waals surface area (Å²) in [6.07, 6.45) is 14.2. The van der Waals surface area contributed by atoms with Crippen molar-refractivity contribution in [1.82, 2.24) is 19.4 Å². The Kier molecular flexibility index (Phi) is 5.84. The Balaban J connectivity index is 1.87. The van der Waals surface area contributed by atoms with Crippen molar-refractivity contribution < 1.29 is 4.79 Å². The lowest BCUT2D eigenvalue weighted by atomic mass is 9.86. The zero-order valence-electron chi connectivity index (χ0n) is 15.3. The summed E-state index contributed by atoms with van der Waals surface area (Å²) < 4.78 is 1.99. The number of pyridine rings is 1. The van der Waals surface area contributed by atoms with Crippen LogP contribution in [0.15, 0.2) is 36.9 Å². The topological polar surface area (TPSA) is 51.0 Å². The Morgan fingerprint density at radius 3 is 2.72 bits per heavy atom. The van der Waals surface area contributed by atoms with E-state index in [-0.39, 0.29) is 11.9 Å².